The van der Waals surface area contributed by atoms with Gasteiger partial charge in [-0.3, -0.25) is 0 Å². The van der Waals surface area contributed by atoms with Crippen LogP contribution in [0.4, 0.5) is 0 Å². The van der Waals surface area contributed by atoms with E-state index in [-0.39, 0.29) is 0 Å². The Labute approximate surface area is 61.3 Å². The molecule has 39 valence electrons. The summed E-state index contributed by atoms with van der Waals surface area (Å²) in [5.41, 5.74) is -0.500. The van der Waals surface area contributed by atoms with E-state index in [1.54, 1.807) is 20.8 Å². The van der Waals surface area contributed by atoms with Gasteiger partial charge in [-0.1, -0.05) is 0 Å². The van der Waals surface area contributed by atoms with Crippen LogP contribution in [0.1, 0.15) is 20.8 Å². The van der Waals surface area contributed by atoms with Gasteiger partial charge in [-0.15, -0.1) is 0 Å². The van der Waals surface area contributed by atoms with Crippen LogP contribution < -0.4 is 0 Å². The number of hydrogen-bond acceptors (Lipinski definition) is 1. The molecule has 0 bridgehead atoms. The first-order valence-electron chi connectivity index (χ1n) is 1.99. The number of rotatable bonds is 0. The van der Waals surface area contributed by atoms with Crippen LogP contribution in [0, 0.1) is 0 Å². The molecule has 0 spiro atoms. The molecule has 0 fully saturated rings. The maximum Gasteiger partial charge on any atom is 1.59 e. The Morgan fingerprint density at radius 3 is 1.29 bits per heavy atom. The van der Waals surface area contributed by atoms with Gasteiger partial charge in [0.15, 0.2) is 0 Å². The topological polar surface area (TPSA) is 20.2 Å². The summed E-state index contributed by atoms with van der Waals surface area (Å²) in [6, 6.07) is 0. The lowest BCUT2D eigenvalue weighted by atomic mass is 10.2. The van der Waals surface area contributed by atoms with Crippen LogP contribution in [0.5, 0.6) is 0 Å². The molecule has 3 heteroatoms. The molecule has 0 unspecified atom stereocenters. The van der Waals surface area contributed by atoms with Gasteiger partial charge >= 0.3 is 29.7 Å². The van der Waals surface area contributed by atoms with Crippen LogP contribution in [0.25, 0.3) is 0 Å². The minimum atomic E-state index is -0.500. The van der Waals surface area contributed by atoms with Gasteiger partial charge in [-0.2, -0.15) is 0 Å². The molecule has 0 aliphatic heterocycles. The summed E-state index contributed by atoms with van der Waals surface area (Å²) in [7, 11) is 4.67. The average Bonchev–Trinajstić information content (AvgIpc) is 1.36. The van der Waals surface area contributed by atoms with Gasteiger partial charge in [-0.05, 0) is 20.8 Å². The minimum absolute atomic E-state index is 0.500. The normalized spacial score (nSPS) is 9.43. The van der Waals surface area contributed by atoms with Crippen molar-refractivity contribution in [2.24, 2.45) is 0 Å². The molecule has 0 rings (SSSR count). The highest BCUT2D eigenvalue weighted by Crippen LogP contribution is 1.93. The fraction of sp³-hybridized carbons (Fsp3) is 1.00. The van der Waals surface area contributed by atoms with Gasteiger partial charge in [-0.25, -0.2) is 0 Å². The summed E-state index contributed by atoms with van der Waals surface area (Å²) >= 11 is 1.33. The highest BCUT2D eigenvalue weighted by atomic mass is 35.5. The third-order valence-electron chi connectivity index (χ3n) is 0. The summed E-state index contributed by atoms with van der Waals surface area (Å²) < 4.78 is 0. The van der Waals surface area contributed by atoms with Crippen LogP contribution in [0.15, 0.2) is 0 Å². The summed E-state index contributed by atoms with van der Waals surface area (Å²) in [6.45, 7) is 5.23. The van der Waals surface area contributed by atoms with Crippen molar-refractivity contribution >= 4 is 29.7 Å². The minimum Gasteiger partial charge on any atom is -0.391 e. The van der Waals surface area contributed by atoms with Crippen molar-refractivity contribution in [2.75, 3.05) is 0 Å². The fourth-order valence-corrected chi connectivity index (χ4v) is 0. The molecular formula is C4H10ClMgO+2. The number of hydrogen-bond donors (Lipinski definition) is 1. The lowest BCUT2D eigenvalue weighted by molar-refractivity contribution is 0.102. The van der Waals surface area contributed by atoms with E-state index in [0.717, 1.165) is 0 Å². The van der Waals surface area contributed by atoms with Crippen LogP contribution in [-0.2, 0) is 0 Å². The first-order valence-corrected chi connectivity index (χ1v) is 4.13. The summed E-state index contributed by atoms with van der Waals surface area (Å²) in [6.07, 6.45) is 0. The van der Waals surface area contributed by atoms with Crippen molar-refractivity contribution in [3.63, 3.8) is 0 Å². The van der Waals surface area contributed by atoms with E-state index in [9.17, 15) is 0 Å². The second kappa shape index (κ2) is 5.16. The quantitative estimate of drug-likeness (QED) is 0.491. The van der Waals surface area contributed by atoms with E-state index in [2.05, 4.69) is 9.07 Å². The second-order valence-corrected chi connectivity index (χ2v) is 2.17. The average molecular weight is 134 g/mol. The van der Waals surface area contributed by atoms with Gasteiger partial charge in [0, 0.05) is 0 Å². The smallest absolute Gasteiger partial charge is 0.391 e. The van der Waals surface area contributed by atoms with Crippen molar-refractivity contribution < 1.29 is 5.11 Å². The van der Waals surface area contributed by atoms with Gasteiger partial charge in [0.2, 0.25) is 0 Å². The third kappa shape index (κ3) is 171. The molecule has 0 aromatic rings. The standard InChI is InChI=1S/C4H10O.ClH.Mg/c1-4(2,3)5;;/h5H,1-3H3;1H;/q;;+3/p-1. The Hall–Kier alpha value is 1.02. The summed E-state index contributed by atoms with van der Waals surface area (Å²) in [4.78, 5) is 0. The molecule has 0 amide bonds. The van der Waals surface area contributed by atoms with Crippen LogP contribution in [0.3, 0.4) is 0 Å². The molecule has 7 radical (unpaired) electrons. The number of aliphatic hydroxyl groups is 1. The van der Waals surface area contributed by atoms with Crippen LogP contribution in [-0.4, -0.2) is 31.3 Å². The monoisotopic (exact) mass is 133 g/mol. The molecule has 7 heavy (non-hydrogen) atoms. The molecule has 0 aliphatic rings. The fourth-order valence-electron chi connectivity index (χ4n) is 0. The summed E-state index contributed by atoms with van der Waals surface area (Å²) in [5.74, 6) is 0. The van der Waals surface area contributed by atoms with Crippen molar-refractivity contribution in [1.29, 1.82) is 0 Å². The lowest BCUT2D eigenvalue weighted by Gasteiger charge is -2.04. The zero-order valence-electron chi connectivity index (χ0n) is 5.03. The van der Waals surface area contributed by atoms with Gasteiger partial charge in [0.05, 0.1) is 5.60 Å². The van der Waals surface area contributed by atoms with Crippen LogP contribution >= 0.6 is 9.07 Å². The third-order valence-corrected chi connectivity index (χ3v) is 0. The molecule has 0 atom stereocenters. The summed E-state index contributed by atoms with van der Waals surface area (Å²) in [5, 5.41) is 8.52. The molecule has 1 nitrogen and oxygen atoms in total. The van der Waals surface area contributed by atoms with Crippen LogP contribution in [0.2, 0.25) is 0 Å². The van der Waals surface area contributed by atoms with E-state index in [0.29, 0.717) is 0 Å². The molecular weight excluding hydrogens is 124 g/mol. The zero-order valence-corrected chi connectivity index (χ0v) is 7.20. The number of halogens is 1. The zero-order chi connectivity index (χ0) is 6.50. The Morgan fingerprint density at radius 1 is 1.29 bits per heavy atom. The predicted molar refractivity (Wildman–Crippen MR) is 33.6 cm³/mol. The Balaban J connectivity index is 0. The molecule has 0 heterocycles. The maximum absolute atomic E-state index is 8.52. The lowest BCUT2D eigenvalue weighted by Crippen LogP contribution is -2.10. The molecule has 1 N–H and O–H groups in total. The van der Waals surface area contributed by atoms with Gasteiger partial charge in [0.1, 0.15) is 0 Å². The molecule has 0 aromatic heterocycles. The highest BCUT2D eigenvalue weighted by Gasteiger charge is 2.16. The maximum atomic E-state index is 8.52. The first-order chi connectivity index (χ1) is 3.00. The molecule has 0 saturated heterocycles. The molecule has 0 aliphatic carbocycles. The van der Waals surface area contributed by atoms with Crippen molar-refractivity contribution in [1.82, 2.24) is 0 Å². The SMILES string of the molecule is CC(C)(C)O.[Mg+2][Cl]. The van der Waals surface area contributed by atoms with Gasteiger partial charge < -0.3 is 5.11 Å². The van der Waals surface area contributed by atoms with Crippen molar-refractivity contribution in [2.45, 2.75) is 26.4 Å². The predicted octanol–water partition coefficient (Wildman–Crippen LogP) is 1.09. The second-order valence-electron chi connectivity index (χ2n) is 2.17. The first kappa shape index (κ1) is 10.9. The van der Waals surface area contributed by atoms with Crippen molar-refractivity contribution in [3.8, 4) is 0 Å². The van der Waals surface area contributed by atoms with E-state index in [1.807, 2.05) is 0 Å². The molecule has 0 aromatic carbocycles. The van der Waals surface area contributed by atoms with E-state index in [1.165, 1.54) is 20.6 Å². The largest absolute Gasteiger partial charge is 1.59 e. The highest BCUT2D eigenvalue weighted by molar-refractivity contribution is 6.80. The van der Waals surface area contributed by atoms with Gasteiger partial charge in [0.25, 0.3) is 0 Å². The van der Waals surface area contributed by atoms with E-state index >= 15 is 0 Å². The molecule has 0 saturated carbocycles. The van der Waals surface area contributed by atoms with Crippen molar-refractivity contribution in [3.05, 3.63) is 0 Å². The Bertz CT molecular complexity index is 27.2. The Kier molecular flexibility index (Phi) is 8.03. The van der Waals surface area contributed by atoms with E-state index < -0.39 is 5.60 Å². The van der Waals surface area contributed by atoms with E-state index in [4.69, 9.17) is 5.11 Å². The Morgan fingerprint density at radius 2 is 1.29 bits per heavy atom.